The number of nitrogens with one attached hydrogen (secondary N) is 2. The smallest absolute Gasteiger partial charge is 0.326 e. The van der Waals surface area contributed by atoms with Crippen LogP contribution < -0.4 is 5.32 Å². The summed E-state index contributed by atoms with van der Waals surface area (Å²) in [5.41, 5.74) is 2.18. The van der Waals surface area contributed by atoms with Crippen molar-refractivity contribution in [3.8, 4) is 11.5 Å². The second-order valence-corrected chi connectivity index (χ2v) is 6.04. The minimum absolute atomic E-state index is 0.138. The van der Waals surface area contributed by atoms with E-state index in [4.69, 9.17) is 0 Å². The Hall–Kier alpha value is -3.74. The fourth-order valence-corrected chi connectivity index (χ4v) is 2.76. The van der Waals surface area contributed by atoms with Crippen LogP contribution in [-0.4, -0.2) is 38.2 Å². The van der Waals surface area contributed by atoms with E-state index in [1.54, 1.807) is 6.20 Å². The largest absolute Gasteiger partial charge is 0.504 e. The number of H-pyrrole nitrogens is 1. The van der Waals surface area contributed by atoms with E-state index in [1.165, 1.54) is 30.4 Å². The summed E-state index contributed by atoms with van der Waals surface area (Å²) in [6.07, 6.45) is 4.47. The maximum Gasteiger partial charge on any atom is 0.326 e. The Morgan fingerprint density at radius 1 is 1.11 bits per heavy atom. The van der Waals surface area contributed by atoms with Gasteiger partial charge >= 0.3 is 5.97 Å². The van der Waals surface area contributed by atoms with E-state index in [9.17, 15) is 24.9 Å². The number of phenols is 2. The summed E-state index contributed by atoms with van der Waals surface area (Å²) in [6.45, 7) is 0. The van der Waals surface area contributed by atoms with Crippen LogP contribution in [0.4, 0.5) is 0 Å². The van der Waals surface area contributed by atoms with Gasteiger partial charge < -0.3 is 25.6 Å². The molecule has 3 rings (SSSR count). The number of aromatic nitrogens is 1. The predicted molar refractivity (Wildman–Crippen MR) is 100 cm³/mol. The molecule has 7 heteroatoms. The van der Waals surface area contributed by atoms with Crippen LogP contribution in [0.3, 0.4) is 0 Å². The Bertz CT molecular complexity index is 1020. The Kier molecular flexibility index (Phi) is 5.12. The van der Waals surface area contributed by atoms with Gasteiger partial charge in [-0.3, -0.25) is 4.79 Å². The number of aromatic hydroxyl groups is 2. The van der Waals surface area contributed by atoms with Crippen LogP contribution in [0.1, 0.15) is 11.1 Å². The van der Waals surface area contributed by atoms with E-state index in [-0.39, 0.29) is 17.9 Å². The van der Waals surface area contributed by atoms with Crippen molar-refractivity contribution in [1.82, 2.24) is 10.3 Å². The van der Waals surface area contributed by atoms with E-state index in [0.29, 0.717) is 5.56 Å². The van der Waals surface area contributed by atoms with Crippen molar-refractivity contribution in [2.75, 3.05) is 0 Å². The number of hydrogen-bond acceptors (Lipinski definition) is 4. The van der Waals surface area contributed by atoms with Crippen molar-refractivity contribution in [3.63, 3.8) is 0 Å². The summed E-state index contributed by atoms with van der Waals surface area (Å²) in [5.74, 6) is -2.28. The molecule has 7 nitrogen and oxygen atoms in total. The zero-order valence-corrected chi connectivity index (χ0v) is 14.2. The predicted octanol–water partition coefficient (Wildman–Crippen LogP) is 2.40. The highest BCUT2D eigenvalue weighted by Crippen LogP contribution is 2.25. The van der Waals surface area contributed by atoms with Gasteiger partial charge in [0.2, 0.25) is 5.91 Å². The lowest BCUT2D eigenvalue weighted by molar-refractivity contribution is -0.141. The highest BCUT2D eigenvalue weighted by molar-refractivity contribution is 5.94. The molecule has 0 spiro atoms. The molecule has 0 aliphatic rings. The summed E-state index contributed by atoms with van der Waals surface area (Å²) >= 11 is 0. The zero-order chi connectivity index (χ0) is 19.4. The molecule has 5 N–H and O–H groups in total. The van der Waals surface area contributed by atoms with Gasteiger partial charge in [-0.2, -0.15) is 0 Å². The van der Waals surface area contributed by atoms with E-state index in [2.05, 4.69) is 10.3 Å². The Morgan fingerprint density at radius 3 is 2.63 bits per heavy atom. The molecule has 1 amide bonds. The van der Waals surface area contributed by atoms with Gasteiger partial charge in [0.05, 0.1) is 0 Å². The Morgan fingerprint density at radius 2 is 1.89 bits per heavy atom. The SMILES string of the molecule is O=C(/C=C\c1ccc(O)c(O)c1)N[C@@H](Cc1c[nH]c2ccccc12)C(=O)O. The van der Waals surface area contributed by atoms with Gasteiger partial charge in [-0.15, -0.1) is 0 Å². The van der Waals surface area contributed by atoms with Gasteiger partial charge in [0, 0.05) is 29.6 Å². The van der Waals surface area contributed by atoms with Crippen molar-refractivity contribution in [1.29, 1.82) is 0 Å². The van der Waals surface area contributed by atoms with Gasteiger partial charge in [-0.1, -0.05) is 24.3 Å². The molecular formula is C20H18N2O5. The number of carboxylic acids is 1. The molecule has 1 atom stereocenters. The molecule has 1 heterocycles. The van der Waals surface area contributed by atoms with Crippen LogP contribution in [-0.2, 0) is 16.0 Å². The second kappa shape index (κ2) is 7.65. The van der Waals surface area contributed by atoms with Crippen LogP contribution in [0.15, 0.2) is 54.7 Å². The first-order valence-electron chi connectivity index (χ1n) is 8.22. The summed E-state index contributed by atoms with van der Waals surface area (Å²) in [5, 5.41) is 31.5. The van der Waals surface area contributed by atoms with E-state index < -0.39 is 17.9 Å². The molecule has 0 aliphatic heterocycles. The van der Waals surface area contributed by atoms with Crippen LogP contribution in [0.2, 0.25) is 0 Å². The molecule has 0 unspecified atom stereocenters. The minimum atomic E-state index is -1.13. The van der Waals surface area contributed by atoms with Crippen LogP contribution >= 0.6 is 0 Å². The van der Waals surface area contributed by atoms with Crippen molar-refractivity contribution in [3.05, 3.63) is 65.9 Å². The first-order valence-corrected chi connectivity index (χ1v) is 8.22. The minimum Gasteiger partial charge on any atom is -0.504 e. The fourth-order valence-electron chi connectivity index (χ4n) is 2.76. The summed E-state index contributed by atoms with van der Waals surface area (Å²) in [4.78, 5) is 26.7. The number of aromatic amines is 1. The zero-order valence-electron chi connectivity index (χ0n) is 14.2. The van der Waals surface area contributed by atoms with Gasteiger partial charge in [-0.05, 0) is 35.4 Å². The first-order chi connectivity index (χ1) is 12.9. The van der Waals surface area contributed by atoms with Crippen molar-refractivity contribution >= 4 is 28.9 Å². The molecule has 138 valence electrons. The van der Waals surface area contributed by atoms with Gasteiger partial charge in [0.25, 0.3) is 0 Å². The lowest BCUT2D eigenvalue weighted by Gasteiger charge is -2.13. The lowest BCUT2D eigenvalue weighted by atomic mass is 10.0. The average Bonchev–Trinajstić information content (AvgIpc) is 3.05. The number of carbonyl (C=O) groups excluding carboxylic acids is 1. The molecular weight excluding hydrogens is 348 g/mol. The Balaban J connectivity index is 1.70. The second-order valence-electron chi connectivity index (χ2n) is 6.04. The number of para-hydroxylation sites is 1. The van der Waals surface area contributed by atoms with Gasteiger partial charge in [0.15, 0.2) is 11.5 Å². The summed E-state index contributed by atoms with van der Waals surface area (Å²) < 4.78 is 0. The number of phenolic OH excluding ortho intramolecular Hbond substituents is 2. The maximum absolute atomic E-state index is 12.1. The average molecular weight is 366 g/mol. The first kappa shape index (κ1) is 18.1. The lowest BCUT2D eigenvalue weighted by Crippen LogP contribution is -2.41. The standard InChI is InChI=1S/C20H18N2O5/c23-17-7-5-12(9-18(17)24)6-8-19(25)22-16(20(26)27)10-13-11-21-15-4-2-1-3-14(13)15/h1-9,11,16,21,23-24H,10H2,(H,22,25)(H,26,27)/b8-6-/t16-/m0/s1. The number of benzene rings is 2. The molecule has 0 saturated carbocycles. The number of carbonyl (C=O) groups is 2. The highest BCUT2D eigenvalue weighted by atomic mass is 16.4. The third-order valence-electron chi connectivity index (χ3n) is 4.14. The Labute approximate surface area is 154 Å². The highest BCUT2D eigenvalue weighted by Gasteiger charge is 2.21. The number of fused-ring (bicyclic) bond motifs is 1. The van der Waals surface area contributed by atoms with Crippen molar-refractivity contribution in [2.24, 2.45) is 0 Å². The summed E-state index contributed by atoms with van der Waals surface area (Å²) in [7, 11) is 0. The van der Waals surface area contributed by atoms with Crippen molar-refractivity contribution in [2.45, 2.75) is 12.5 Å². The van der Waals surface area contributed by atoms with Crippen LogP contribution in [0.5, 0.6) is 11.5 Å². The maximum atomic E-state index is 12.1. The molecule has 0 aliphatic carbocycles. The quantitative estimate of drug-likeness (QED) is 0.339. The van der Waals surface area contributed by atoms with E-state index in [1.807, 2.05) is 24.3 Å². The fraction of sp³-hybridized carbons (Fsp3) is 0.100. The molecule has 0 bridgehead atoms. The third-order valence-corrected chi connectivity index (χ3v) is 4.14. The number of carboxylic acid groups (broad SMARTS) is 1. The van der Waals surface area contributed by atoms with E-state index in [0.717, 1.165) is 16.5 Å². The summed E-state index contributed by atoms with van der Waals surface area (Å²) in [6, 6.07) is 10.5. The van der Waals surface area contributed by atoms with Gasteiger partial charge in [0.1, 0.15) is 6.04 Å². The van der Waals surface area contributed by atoms with Gasteiger partial charge in [-0.25, -0.2) is 4.79 Å². The molecule has 1 aromatic heterocycles. The molecule has 3 aromatic rings. The topological polar surface area (TPSA) is 123 Å². The molecule has 0 saturated heterocycles. The third kappa shape index (κ3) is 4.27. The van der Waals surface area contributed by atoms with Crippen molar-refractivity contribution < 1.29 is 24.9 Å². The van der Waals surface area contributed by atoms with Crippen LogP contribution in [0, 0.1) is 0 Å². The van der Waals surface area contributed by atoms with Crippen LogP contribution in [0.25, 0.3) is 17.0 Å². The molecule has 0 fully saturated rings. The number of rotatable bonds is 6. The normalized spacial score (nSPS) is 12.3. The number of hydrogen-bond donors (Lipinski definition) is 5. The molecule has 27 heavy (non-hydrogen) atoms. The molecule has 0 radical (unpaired) electrons. The number of aliphatic carboxylic acids is 1. The number of amides is 1. The molecule has 2 aromatic carbocycles. The monoisotopic (exact) mass is 366 g/mol. The van der Waals surface area contributed by atoms with E-state index >= 15 is 0 Å².